The van der Waals surface area contributed by atoms with Crippen molar-refractivity contribution in [3.05, 3.63) is 47.7 Å². The molecule has 0 saturated carbocycles. The summed E-state index contributed by atoms with van der Waals surface area (Å²) in [6.45, 7) is 2.11. The fourth-order valence-electron chi connectivity index (χ4n) is 1.89. The van der Waals surface area contributed by atoms with Crippen molar-refractivity contribution in [2.24, 2.45) is 0 Å². The second-order valence-corrected chi connectivity index (χ2v) is 4.32. The molecule has 0 fully saturated rings. The van der Waals surface area contributed by atoms with E-state index in [1.807, 2.05) is 24.3 Å². The first-order chi connectivity index (χ1) is 9.67. The first kappa shape index (κ1) is 14.1. The van der Waals surface area contributed by atoms with Gasteiger partial charge in [0.1, 0.15) is 5.75 Å². The molecule has 0 aliphatic rings. The molecule has 0 spiro atoms. The highest BCUT2D eigenvalue weighted by molar-refractivity contribution is 5.88. The van der Waals surface area contributed by atoms with Gasteiger partial charge in [-0.2, -0.15) is 0 Å². The van der Waals surface area contributed by atoms with Crippen molar-refractivity contribution in [1.82, 2.24) is 4.98 Å². The molecular weight excluding hydrogens is 254 g/mol. The van der Waals surface area contributed by atoms with Gasteiger partial charge in [0.05, 0.1) is 19.9 Å². The fourth-order valence-corrected chi connectivity index (χ4v) is 1.89. The molecule has 20 heavy (non-hydrogen) atoms. The molecule has 1 aromatic heterocycles. The first-order valence-corrected chi connectivity index (χ1v) is 6.41. The van der Waals surface area contributed by atoms with E-state index in [-0.39, 0.29) is 5.69 Å². The topological polar surface area (TPSA) is 48.4 Å². The Morgan fingerprint density at radius 3 is 2.40 bits per heavy atom. The molecule has 0 aliphatic heterocycles. The van der Waals surface area contributed by atoms with Crippen molar-refractivity contribution < 1.29 is 14.3 Å². The normalized spacial score (nSPS) is 10.2. The van der Waals surface area contributed by atoms with Gasteiger partial charge in [-0.3, -0.25) is 0 Å². The number of hydrogen-bond donors (Lipinski definition) is 0. The SMILES string of the molecule is CCc1ccc(-c2cc(OC)cc(C(=O)OC)n2)cc1. The molecule has 104 valence electrons. The zero-order valence-electron chi connectivity index (χ0n) is 11.8. The van der Waals surface area contributed by atoms with Gasteiger partial charge in [0, 0.05) is 17.7 Å². The van der Waals surface area contributed by atoms with Gasteiger partial charge < -0.3 is 9.47 Å². The van der Waals surface area contributed by atoms with Gasteiger partial charge in [-0.1, -0.05) is 31.2 Å². The van der Waals surface area contributed by atoms with Crippen LogP contribution in [0.4, 0.5) is 0 Å². The Balaban J connectivity index is 2.46. The molecule has 0 N–H and O–H groups in total. The van der Waals surface area contributed by atoms with Crippen LogP contribution in [0.5, 0.6) is 5.75 Å². The van der Waals surface area contributed by atoms with Crippen LogP contribution in [0.2, 0.25) is 0 Å². The van der Waals surface area contributed by atoms with E-state index >= 15 is 0 Å². The van der Waals surface area contributed by atoms with Crippen LogP contribution in [0.25, 0.3) is 11.3 Å². The molecule has 2 aromatic rings. The predicted octanol–water partition coefficient (Wildman–Crippen LogP) is 3.11. The summed E-state index contributed by atoms with van der Waals surface area (Å²) in [5.74, 6) is 0.102. The summed E-state index contributed by atoms with van der Waals surface area (Å²) in [4.78, 5) is 15.9. The molecular formula is C16H17NO3. The van der Waals surface area contributed by atoms with Crippen LogP contribution in [-0.2, 0) is 11.2 Å². The number of esters is 1. The van der Waals surface area contributed by atoms with Gasteiger partial charge in [0.25, 0.3) is 0 Å². The number of nitrogens with zero attached hydrogens (tertiary/aromatic N) is 1. The largest absolute Gasteiger partial charge is 0.497 e. The standard InChI is InChI=1S/C16H17NO3/c1-4-11-5-7-12(8-6-11)14-9-13(19-2)10-15(17-14)16(18)20-3/h5-10H,4H2,1-3H3. The zero-order valence-corrected chi connectivity index (χ0v) is 11.8. The van der Waals surface area contributed by atoms with Crippen LogP contribution >= 0.6 is 0 Å². The minimum atomic E-state index is -0.477. The Bertz CT molecular complexity index is 606. The van der Waals surface area contributed by atoms with E-state index in [1.54, 1.807) is 19.2 Å². The van der Waals surface area contributed by atoms with Crippen LogP contribution in [0, 0.1) is 0 Å². The van der Waals surface area contributed by atoms with E-state index in [0.29, 0.717) is 11.4 Å². The highest BCUT2D eigenvalue weighted by Gasteiger charge is 2.12. The minimum absolute atomic E-state index is 0.237. The summed E-state index contributed by atoms with van der Waals surface area (Å²) in [5.41, 5.74) is 3.12. The summed E-state index contributed by atoms with van der Waals surface area (Å²) in [6.07, 6.45) is 0.985. The van der Waals surface area contributed by atoms with E-state index in [2.05, 4.69) is 11.9 Å². The molecule has 4 heteroatoms. The Kier molecular flexibility index (Phi) is 4.35. The Morgan fingerprint density at radius 2 is 1.85 bits per heavy atom. The number of carbonyl (C=O) groups is 1. The maximum atomic E-state index is 11.6. The smallest absolute Gasteiger partial charge is 0.356 e. The van der Waals surface area contributed by atoms with Crippen molar-refractivity contribution in [3.63, 3.8) is 0 Å². The molecule has 2 rings (SSSR count). The molecule has 0 saturated heterocycles. The highest BCUT2D eigenvalue weighted by Crippen LogP contribution is 2.24. The quantitative estimate of drug-likeness (QED) is 0.802. The second-order valence-electron chi connectivity index (χ2n) is 4.32. The minimum Gasteiger partial charge on any atom is -0.497 e. The van der Waals surface area contributed by atoms with E-state index in [0.717, 1.165) is 12.0 Å². The third-order valence-corrected chi connectivity index (χ3v) is 3.09. The monoisotopic (exact) mass is 271 g/mol. The van der Waals surface area contributed by atoms with Crippen LogP contribution in [0.3, 0.4) is 0 Å². The molecule has 0 bridgehead atoms. The molecule has 0 aliphatic carbocycles. The number of aryl methyl sites for hydroxylation is 1. The lowest BCUT2D eigenvalue weighted by molar-refractivity contribution is 0.0593. The van der Waals surface area contributed by atoms with Gasteiger partial charge in [0.15, 0.2) is 5.69 Å². The number of carbonyl (C=O) groups excluding carboxylic acids is 1. The maximum absolute atomic E-state index is 11.6. The Morgan fingerprint density at radius 1 is 1.15 bits per heavy atom. The summed E-state index contributed by atoms with van der Waals surface area (Å²) in [7, 11) is 2.89. The fraction of sp³-hybridized carbons (Fsp3) is 0.250. The van der Waals surface area contributed by atoms with Crippen molar-refractivity contribution >= 4 is 5.97 Å². The number of aromatic nitrogens is 1. The summed E-state index contributed by atoms with van der Waals surface area (Å²) >= 11 is 0. The van der Waals surface area contributed by atoms with E-state index in [9.17, 15) is 4.79 Å². The van der Waals surface area contributed by atoms with Gasteiger partial charge in [-0.25, -0.2) is 9.78 Å². The van der Waals surface area contributed by atoms with Crippen LogP contribution in [0.15, 0.2) is 36.4 Å². The molecule has 0 radical (unpaired) electrons. The molecule has 1 aromatic carbocycles. The average Bonchev–Trinajstić information content (AvgIpc) is 2.53. The first-order valence-electron chi connectivity index (χ1n) is 6.41. The summed E-state index contributed by atoms with van der Waals surface area (Å²) < 4.78 is 9.91. The van der Waals surface area contributed by atoms with Crippen molar-refractivity contribution in [3.8, 4) is 17.0 Å². The molecule has 4 nitrogen and oxygen atoms in total. The van der Waals surface area contributed by atoms with Gasteiger partial charge >= 0.3 is 5.97 Å². The van der Waals surface area contributed by atoms with Gasteiger partial charge in [0.2, 0.25) is 0 Å². The van der Waals surface area contributed by atoms with E-state index in [1.165, 1.54) is 12.7 Å². The van der Waals surface area contributed by atoms with Crippen LogP contribution in [-0.4, -0.2) is 25.2 Å². The summed E-state index contributed by atoms with van der Waals surface area (Å²) in [6, 6.07) is 11.4. The van der Waals surface area contributed by atoms with Gasteiger partial charge in [-0.15, -0.1) is 0 Å². The molecule has 0 amide bonds. The number of pyridine rings is 1. The Labute approximate surface area is 118 Å². The van der Waals surface area contributed by atoms with E-state index < -0.39 is 5.97 Å². The third kappa shape index (κ3) is 2.96. The van der Waals surface area contributed by atoms with E-state index in [4.69, 9.17) is 9.47 Å². The van der Waals surface area contributed by atoms with Crippen LogP contribution < -0.4 is 4.74 Å². The highest BCUT2D eigenvalue weighted by atomic mass is 16.5. The van der Waals surface area contributed by atoms with Crippen molar-refractivity contribution in [1.29, 1.82) is 0 Å². The van der Waals surface area contributed by atoms with Crippen LogP contribution in [0.1, 0.15) is 23.0 Å². The summed E-state index contributed by atoms with van der Waals surface area (Å²) in [5, 5.41) is 0. The Hall–Kier alpha value is -2.36. The van der Waals surface area contributed by atoms with Crippen molar-refractivity contribution in [2.75, 3.05) is 14.2 Å². The lowest BCUT2D eigenvalue weighted by atomic mass is 10.1. The number of methoxy groups -OCH3 is 2. The molecule has 0 unspecified atom stereocenters. The zero-order chi connectivity index (χ0) is 14.5. The number of rotatable bonds is 4. The van der Waals surface area contributed by atoms with Gasteiger partial charge in [-0.05, 0) is 12.0 Å². The number of ether oxygens (including phenoxy) is 2. The lowest BCUT2D eigenvalue weighted by Crippen LogP contribution is -2.05. The maximum Gasteiger partial charge on any atom is 0.356 e. The number of hydrogen-bond acceptors (Lipinski definition) is 4. The molecule has 0 atom stereocenters. The third-order valence-electron chi connectivity index (χ3n) is 3.09. The average molecular weight is 271 g/mol. The predicted molar refractivity (Wildman–Crippen MR) is 76.9 cm³/mol. The lowest BCUT2D eigenvalue weighted by Gasteiger charge is -2.08. The second kappa shape index (κ2) is 6.19. The van der Waals surface area contributed by atoms with Crippen molar-refractivity contribution in [2.45, 2.75) is 13.3 Å². The molecule has 1 heterocycles. The number of benzene rings is 1.